The number of benzene rings is 1. The van der Waals surface area contributed by atoms with E-state index in [-0.39, 0.29) is 41.3 Å². The zero-order valence-corrected chi connectivity index (χ0v) is 15.6. The van der Waals surface area contributed by atoms with Crippen molar-refractivity contribution in [3.63, 3.8) is 0 Å². The van der Waals surface area contributed by atoms with Crippen LogP contribution >= 0.6 is 12.4 Å². The third kappa shape index (κ3) is 3.40. The summed E-state index contributed by atoms with van der Waals surface area (Å²) in [4.78, 5) is 29.0. The second-order valence-corrected chi connectivity index (χ2v) is 7.50. The number of halogens is 1. The summed E-state index contributed by atoms with van der Waals surface area (Å²) in [6, 6.07) is 6.62. The smallest absolute Gasteiger partial charge is 0.257 e. The second kappa shape index (κ2) is 7.45. The Kier molecular flexibility index (Phi) is 5.44. The number of piperidine rings is 1. The molecule has 3 aliphatic rings. The fourth-order valence-electron chi connectivity index (χ4n) is 4.35. The number of hydrogen-bond acceptors (Lipinski definition) is 4. The van der Waals surface area contributed by atoms with E-state index in [0.29, 0.717) is 31.7 Å². The van der Waals surface area contributed by atoms with Crippen molar-refractivity contribution >= 4 is 24.2 Å². The van der Waals surface area contributed by atoms with Crippen LogP contribution < -0.4 is 5.32 Å². The van der Waals surface area contributed by atoms with Crippen molar-refractivity contribution in [1.82, 2.24) is 15.1 Å². The molecule has 7 heteroatoms. The average Bonchev–Trinajstić information content (AvgIpc) is 3.34. The number of carbonyl (C=O) groups is 2. The van der Waals surface area contributed by atoms with Crippen molar-refractivity contribution in [3.05, 3.63) is 29.8 Å². The summed E-state index contributed by atoms with van der Waals surface area (Å²) in [6.07, 6.45) is 3.24. The Morgan fingerprint density at radius 2 is 1.65 bits per heavy atom. The van der Waals surface area contributed by atoms with Gasteiger partial charge in [-0.25, -0.2) is 0 Å². The molecular formula is C19H26ClN3O3. The molecule has 1 aromatic carbocycles. The molecule has 0 aromatic heterocycles. The molecule has 1 saturated carbocycles. The number of nitrogens with one attached hydrogen (secondary N) is 1. The molecule has 2 heterocycles. The first-order valence-electron chi connectivity index (χ1n) is 9.17. The van der Waals surface area contributed by atoms with Gasteiger partial charge in [-0.1, -0.05) is 12.1 Å². The number of phenols is 1. The molecule has 2 saturated heterocycles. The number of rotatable bonds is 2. The van der Waals surface area contributed by atoms with E-state index >= 15 is 0 Å². The topological polar surface area (TPSA) is 72.9 Å². The average molecular weight is 380 g/mol. The van der Waals surface area contributed by atoms with Gasteiger partial charge < -0.3 is 20.2 Å². The van der Waals surface area contributed by atoms with E-state index in [9.17, 15) is 14.7 Å². The predicted octanol–water partition coefficient (Wildman–Crippen LogP) is 1.49. The van der Waals surface area contributed by atoms with E-state index in [1.807, 2.05) is 4.90 Å². The van der Waals surface area contributed by atoms with E-state index in [1.165, 1.54) is 6.07 Å². The first kappa shape index (κ1) is 19.0. The number of phenolic OH excluding ortho intramolecular Hbond substituents is 1. The van der Waals surface area contributed by atoms with Gasteiger partial charge in [0.05, 0.1) is 5.56 Å². The number of hydrogen-bond donors (Lipinski definition) is 2. The van der Waals surface area contributed by atoms with Gasteiger partial charge in [-0.05, 0) is 49.9 Å². The Balaban J connectivity index is 0.00000196. The quantitative estimate of drug-likeness (QED) is 0.816. The second-order valence-electron chi connectivity index (χ2n) is 7.50. The number of amides is 2. The van der Waals surface area contributed by atoms with Crippen LogP contribution in [0.15, 0.2) is 24.3 Å². The molecule has 4 rings (SSSR count). The molecule has 6 nitrogen and oxygen atoms in total. The first-order valence-corrected chi connectivity index (χ1v) is 9.17. The Morgan fingerprint density at radius 1 is 1.04 bits per heavy atom. The fourth-order valence-corrected chi connectivity index (χ4v) is 4.35. The van der Waals surface area contributed by atoms with E-state index in [4.69, 9.17) is 0 Å². The Morgan fingerprint density at radius 3 is 2.31 bits per heavy atom. The van der Waals surface area contributed by atoms with Crippen LogP contribution in [0.25, 0.3) is 0 Å². The standard InChI is InChI=1S/C19H25N3O3.ClH/c23-16-4-2-1-3-14(16)17(24)21-9-11-22(12-10-21)18(25)15-13-19(15)5-7-20-8-6-19;/h1-4,15,20,23H,5-13H2;1H. The van der Waals surface area contributed by atoms with Crippen molar-refractivity contribution in [2.24, 2.45) is 11.3 Å². The number of piperazine rings is 1. The zero-order valence-electron chi connectivity index (χ0n) is 14.8. The predicted molar refractivity (Wildman–Crippen MR) is 100 cm³/mol. The molecule has 1 atom stereocenters. The lowest BCUT2D eigenvalue weighted by molar-refractivity contribution is -0.135. The number of para-hydroxylation sites is 1. The lowest BCUT2D eigenvalue weighted by Crippen LogP contribution is -2.51. The fraction of sp³-hybridized carbons (Fsp3) is 0.579. The highest BCUT2D eigenvalue weighted by Crippen LogP contribution is 2.59. The Bertz CT molecular complexity index is 682. The van der Waals surface area contributed by atoms with Crippen molar-refractivity contribution < 1.29 is 14.7 Å². The van der Waals surface area contributed by atoms with Gasteiger partial charge in [0.25, 0.3) is 5.91 Å². The normalized spacial score (nSPS) is 24.1. The van der Waals surface area contributed by atoms with Gasteiger partial charge >= 0.3 is 0 Å². The van der Waals surface area contributed by atoms with Gasteiger partial charge in [0.1, 0.15) is 5.75 Å². The molecule has 2 N–H and O–H groups in total. The van der Waals surface area contributed by atoms with Crippen molar-refractivity contribution in [3.8, 4) is 5.75 Å². The van der Waals surface area contributed by atoms with Crippen LogP contribution in [0.5, 0.6) is 5.75 Å². The third-order valence-electron chi connectivity index (χ3n) is 6.10. The lowest BCUT2D eigenvalue weighted by atomic mass is 9.91. The number of nitrogens with zero attached hydrogens (tertiary/aromatic N) is 2. The maximum atomic E-state index is 12.8. The molecule has 2 aliphatic heterocycles. The molecule has 1 spiro atoms. The van der Waals surface area contributed by atoms with Crippen molar-refractivity contribution in [2.75, 3.05) is 39.3 Å². The summed E-state index contributed by atoms with van der Waals surface area (Å²) in [5.41, 5.74) is 0.587. The van der Waals surface area contributed by atoms with Gasteiger partial charge in [-0.2, -0.15) is 0 Å². The van der Waals surface area contributed by atoms with Crippen LogP contribution in [-0.4, -0.2) is 66.0 Å². The van der Waals surface area contributed by atoms with Crippen LogP contribution in [0.1, 0.15) is 29.6 Å². The molecule has 2 amide bonds. The highest BCUT2D eigenvalue weighted by Gasteiger charge is 2.58. The van der Waals surface area contributed by atoms with Gasteiger partial charge in [-0.3, -0.25) is 9.59 Å². The Hall–Kier alpha value is -1.79. The monoisotopic (exact) mass is 379 g/mol. The third-order valence-corrected chi connectivity index (χ3v) is 6.10. The minimum atomic E-state index is -0.161. The summed E-state index contributed by atoms with van der Waals surface area (Å²) in [7, 11) is 0. The number of aromatic hydroxyl groups is 1. The molecule has 142 valence electrons. The zero-order chi connectivity index (χ0) is 17.4. The van der Waals surface area contributed by atoms with Crippen molar-refractivity contribution in [1.29, 1.82) is 0 Å². The molecule has 3 fully saturated rings. The van der Waals surface area contributed by atoms with Crippen LogP contribution in [0, 0.1) is 11.3 Å². The van der Waals surface area contributed by atoms with E-state index < -0.39 is 0 Å². The van der Waals surface area contributed by atoms with Crippen LogP contribution in [0.4, 0.5) is 0 Å². The van der Waals surface area contributed by atoms with Crippen LogP contribution in [0.2, 0.25) is 0 Å². The summed E-state index contributed by atoms with van der Waals surface area (Å²) in [5, 5.41) is 13.2. The van der Waals surface area contributed by atoms with E-state index in [0.717, 1.165) is 32.4 Å². The minimum absolute atomic E-state index is 0. The molecule has 1 aliphatic carbocycles. The number of carbonyl (C=O) groups excluding carboxylic acids is 2. The molecule has 26 heavy (non-hydrogen) atoms. The molecule has 0 bridgehead atoms. The maximum Gasteiger partial charge on any atom is 0.257 e. The summed E-state index contributed by atoms with van der Waals surface area (Å²) >= 11 is 0. The Labute approximate surface area is 159 Å². The summed E-state index contributed by atoms with van der Waals surface area (Å²) in [5.74, 6) is 0.315. The summed E-state index contributed by atoms with van der Waals surface area (Å²) < 4.78 is 0. The van der Waals surface area contributed by atoms with E-state index in [2.05, 4.69) is 5.32 Å². The first-order chi connectivity index (χ1) is 12.1. The van der Waals surface area contributed by atoms with Gasteiger partial charge in [-0.15, -0.1) is 12.4 Å². The molecule has 1 unspecified atom stereocenters. The van der Waals surface area contributed by atoms with Crippen LogP contribution in [-0.2, 0) is 4.79 Å². The summed E-state index contributed by atoms with van der Waals surface area (Å²) in [6.45, 7) is 4.27. The highest BCUT2D eigenvalue weighted by atomic mass is 35.5. The SMILES string of the molecule is Cl.O=C(c1ccccc1O)N1CCN(C(=O)C2CC23CCNCC3)CC1. The lowest BCUT2D eigenvalue weighted by Gasteiger charge is -2.35. The minimum Gasteiger partial charge on any atom is -0.507 e. The molecule has 1 aromatic rings. The van der Waals surface area contributed by atoms with Crippen molar-refractivity contribution in [2.45, 2.75) is 19.3 Å². The molecule has 0 radical (unpaired) electrons. The van der Waals surface area contributed by atoms with Gasteiger partial charge in [0, 0.05) is 32.1 Å². The highest BCUT2D eigenvalue weighted by molar-refractivity contribution is 5.97. The molecular weight excluding hydrogens is 354 g/mol. The van der Waals surface area contributed by atoms with Gasteiger partial charge in [0.2, 0.25) is 5.91 Å². The van der Waals surface area contributed by atoms with E-state index in [1.54, 1.807) is 23.1 Å². The van der Waals surface area contributed by atoms with Crippen LogP contribution in [0.3, 0.4) is 0 Å². The van der Waals surface area contributed by atoms with Gasteiger partial charge in [0.15, 0.2) is 0 Å². The maximum absolute atomic E-state index is 12.8. The largest absolute Gasteiger partial charge is 0.507 e.